The minimum Gasteiger partial charge on any atom is -0.355 e. The molecule has 144 valence electrons. The maximum atomic E-state index is 13.1. The third-order valence-corrected chi connectivity index (χ3v) is 6.35. The first kappa shape index (κ1) is 18.7. The van der Waals surface area contributed by atoms with Crippen LogP contribution in [0.2, 0.25) is 0 Å². The van der Waals surface area contributed by atoms with E-state index >= 15 is 0 Å². The Morgan fingerprint density at radius 3 is 3.00 bits per heavy atom. The number of rotatable bonds is 6. The first-order chi connectivity index (χ1) is 13.3. The number of aromatic nitrogens is 2. The molecule has 1 aromatic heterocycles. The second kappa shape index (κ2) is 9.04. The Bertz CT molecular complexity index is 871. The molecule has 2 aliphatic rings. The Hall–Kier alpha value is -1.63. The van der Waals surface area contributed by atoms with E-state index in [1.54, 1.807) is 11.8 Å². The predicted molar refractivity (Wildman–Crippen MR) is 108 cm³/mol. The van der Waals surface area contributed by atoms with Gasteiger partial charge in [-0.2, -0.15) is 0 Å². The quantitative estimate of drug-likeness (QED) is 0.424. The van der Waals surface area contributed by atoms with Gasteiger partial charge in [0, 0.05) is 12.3 Å². The Morgan fingerprint density at radius 2 is 2.19 bits per heavy atom. The van der Waals surface area contributed by atoms with Crippen molar-refractivity contribution in [2.75, 3.05) is 19.2 Å². The number of thioether (sulfide) groups is 1. The van der Waals surface area contributed by atoms with E-state index in [9.17, 15) is 4.79 Å². The minimum atomic E-state index is 0.0624. The normalized spacial score (nSPS) is 20.6. The highest BCUT2D eigenvalue weighted by molar-refractivity contribution is 7.99. The summed E-state index contributed by atoms with van der Waals surface area (Å²) >= 11 is 1.62. The van der Waals surface area contributed by atoms with Crippen molar-refractivity contribution < 1.29 is 9.47 Å². The average molecular weight is 387 g/mol. The highest BCUT2D eigenvalue weighted by Gasteiger charge is 2.18. The molecule has 4 rings (SSSR count). The molecule has 2 aromatic rings. The van der Waals surface area contributed by atoms with E-state index in [4.69, 9.17) is 14.5 Å². The van der Waals surface area contributed by atoms with Crippen molar-refractivity contribution in [3.8, 4) is 0 Å². The van der Waals surface area contributed by atoms with Crippen LogP contribution in [-0.2, 0) is 16.0 Å². The van der Waals surface area contributed by atoms with Crippen molar-refractivity contribution in [2.24, 2.45) is 0 Å². The molecule has 0 unspecified atom stereocenters. The number of nitrogens with zero attached hydrogens (tertiary/aromatic N) is 2. The molecule has 0 N–H and O–H groups in total. The molecule has 1 aliphatic heterocycles. The summed E-state index contributed by atoms with van der Waals surface area (Å²) in [7, 11) is 0. The van der Waals surface area contributed by atoms with Gasteiger partial charge in [-0.15, -0.1) is 0 Å². The van der Waals surface area contributed by atoms with E-state index in [2.05, 4.69) is 6.08 Å². The van der Waals surface area contributed by atoms with E-state index in [0.717, 1.165) is 42.3 Å². The molecule has 27 heavy (non-hydrogen) atoms. The Morgan fingerprint density at radius 1 is 1.26 bits per heavy atom. The van der Waals surface area contributed by atoms with Crippen LogP contribution in [0.3, 0.4) is 0 Å². The van der Waals surface area contributed by atoms with Crippen LogP contribution in [0.5, 0.6) is 0 Å². The average Bonchev–Trinajstić information content (AvgIpc) is 2.73. The molecule has 1 aliphatic carbocycles. The van der Waals surface area contributed by atoms with Crippen LogP contribution in [-0.4, -0.2) is 34.8 Å². The molecule has 0 spiro atoms. The molecule has 1 aromatic carbocycles. The van der Waals surface area contributed by atoms with Crippen LogP contribution in [0.4, 0.5) is 0 Å². The van der Waals surface area contributed by atoms with E-state index in [0.29, 0.717) is 18.7 Å². The second-order valence-corrected chi connectivity index (χ2v) is 8.13. The van der Waals surface area contributed by atoms with Crippen LogP contribution in [0.25, 0.3) is 10.9 Å². The highest BCUT2D eigenvalue weighted by atomic mass is 32.2. The van der Waals surface area contributed by atoms with E-state index in [1.807, 2.05) is 28.8 Å². The fraction of sp³-hybridized carbons (Fsp3) is 0.524. The Kier molecular flexibility index (Phi) is 6.27. The van der Waals surface area contributed by atoms with Crippen molar-refractivity contribution in [1.82, 2.24) is 9.55 Å². The number of ether oxygens (including phenoxy) is 2. The van der Waals surface area contributed by atoms with Gasteiger partial charge in [0.15, 0.2) is 5.16 Å². The second-order valence-electron chi connectivity index (χ2n) is 7.14. The van der Waals surface area contributed by atoms with Crippen molar-refractivity contribution in [3.05, 3.63) is 46.3 Å². The SMILES string of the molecule is O=c1c2ccccc2nc(SC[C@H]2CCOCO2)n1CCC1=CCCCC1. The van der Waals surface area contributed by atoms with E-state index in [1.165, 1.54) is 24.8 Å². The van der Waals surface area contributed by atoms with Crippen molar-refractivity contribution >= 4 is 22.7 Å². The molecule has 0 saturated carbocycles. The lowest BCUT2D eigenvalue weighted by molar-refractivity contribution is -0.130. The maximum absolute atomic E-state index is 13.1. The van der Waals surface area contributed by atoms with Crippen molar-refractivity contribution in [2.45, 2.75) is 56.3 Å². The zero-order chi connectivity index (χ0) is 18.5. The lowest BCUT2D eigenvalue weighted by Crippen LogP contribution is -2.27. The number of benzene rings is 1. The monoisotopic (exact) mass is 386 g/mol. The zero-order valence-corrected chi connectivity index (χ0v) is 16.4. The maximum Gasteiger partial charge on any atom is 0.262 e. The van der Waals surface area contributed by atoms with Crippen molar-refractivity contribution in [3.63, 3.8) is 0 Å². The Labute approximate surface area is 163 Å². The topological polar surface area (TPSA) is 53.4 Å². The molecule has 1 fully saturated rings. The lowest BCUT2D eigenvalue weighted by Gasteiger charge is -2.23. The third kappa shape index (κ3) is 4.62. The van der Waals surface area contributed by atoms with Crippen LogP contribution < -0.4 is 5.56 Å². The molecule has 6 heteroatoms. The van der Waals surface area contributed by atoms with Gasteiger partial charge in [0.1, 0.15) is 6.79 Å². The number of allylic oxidation sites excluding steroid dienone is 2. The number of hydrogen-bond acceptors (Lipinski definition) is 5. The summed E-state index contributed by atoms with van der Waals surface area (Å²) in [5.74, 6) is 0.789. The summed E-state index contributed by atoms with van der Waals surface area (Å²) in [6.07, 6.45) is 9.20. The first-order valence-electron chi connectivity index (χ1n) is 9.81. The molecule has 0 bridgehead atoms. The van der Waals surface area contributed by atoms with E-state index in [-0.39, 0.29) is 11.7 Å². The molecule has 5 nitrogen and oxygen atoms in total. The fourth-order valence-corrected chi connectivity index (χ4v) is 4.73. The van der Waals surface area contributed by atoms with Gasteiger partial charge in [-0.3, -0.25) is 9.36 Å². The van der Waals surface area contributed by atoms with Gasteiger partial charge < -0.3 is 9.47 Å². The molecule has 1 atom stereocenters. The van der Waals surface area contributed by atoms with Crippen LogP contribution in [0, 0.1) is 0 Å². The third-order valence-electron chi connectivity index (χ3n) is 5.24. The van der Waals surface area contributed by atoms with Gasteiger partial charge >= 0.3 is 0 Å². The molecule has 1 saturated heterocycles. The number of para-hydroxylation sites is 1. The van der Waals surface area contributed by atoms with Gasteiger partial charge in [-0.25, -0.2) is 4.98 Å². The fourth-order valence-electron chi connectivity index (χ4n) is 3.64. The summed E-state index contributed by atoms with van der Waals surface area (Å²) in [5, 5.41) is 1.49. The van der Waals surface area contributed by atoms with Gasteiger partial charge in [0.25, 0.3) is 5.56 Å². The smallest absolute Gasteiger partial charge is 0.262 e. The summed E-state index contributed by atoms with van der Waals surface area (Å²) in [6.45, 7) is 1.79. The van der Waals surface area contributed by atoms with Gasteiger partial charge in [0.05, 0.1) is 23.6 Å². The van der Waals surface area contributed by atoms with Crippen LogP contribution >= 0.6 is 11.8 Å². The van der Waals surface area contributed by atoms with Crippen molar-refractivity contribution in [1.29, 1.82) is 0 Å². The summed E-state index contributed by atoms with van der Waals surface area (Å²) in [4.78, 5) is 17.9. The molecule has 0 amide bonds. The minimum absolute atomic E-state index is 0.0624. The largest absolute Gasteiger partial charge is 0.355 e. The van der Waals surface area contributed by atoms with Gasteiger partial charge in [-0.1, -0.05) is 35.5 Å². The van der Waals surface area contributed by atoms with Crippen LogP contribution in [0.1, 0.15) is 38.5 Å². The molecule has 0 radical (unpaired) electrons. The standard InChI is InChI=1S/C21H26N2O3S/c24-20-18-8-4-5-9-19(18)22-21(27-14-17-11-13-25-15-26-17)23(20)12-10-16-6-2-1-3-7-16/h4-6,8-9,17H,1-3,7,10-15H2/t17-/m1/s1. The molecular formula is C21H26N2O3S. The van der Waals surface area contributed by atoms with Gasteiger partial charge in [0.2, 0.25) is 0 Å². The first-order valence-corrected chi connectivity index (χ1v) is 10.8. The highest BCUT2D eigenvalue weighted by Crippen LogP contribution is 2.24. The summed E-state index contributed by atoms with van der Waals surface area (Å²) < 4.78 is 12.8. The molecule has 2 heterocycles. The Balaban J connectivity index is 1.58. The lowest BCUT2D eigenvalue weighted by atomic mass is 9.97. The number of hydrogen-bond donors (Lipinski definition) is 0. The molecular weight excluding hydrogens is 360 g/mol. The summed E-state index contributed by atoms with van der Waals surface area (Å²) in [6, 6.07) is 7.63. The zero-order valence-electron chi connectivity index (χ0n) is 15.6. The van der Waals surface area contributed by atoms with Gasteiger partial charge in [-0.05, 0) is 50.7 Å². The number of fused-ring (bicyclic) bond motifs is 1. The van der Waals surface area contributed by atoms with E-state index < -0.39 is 0 Å². The predicted octanol–water partition coefficient (Wildman–Crippen LogP) is 4.14. The van der Waals surface area contributed by atoms with Crippen LogP contribution in [0.15, 0.2) is 45.9 Å². The summed E-state index contributed by atoms with van der Waals surface area (Å²) in [5.41, 5.74) is 2.31.